The summed E-state index contributed by atoms with van der Waals surface area (Å²) in [6, 6.07) is 15.6. The van der Waals surface area contributed by atoms with E-state index in [9.17, 15) is 4.21 Å². The van der Waals surface area contributed by atoms with E-state index in [4.69, 9.17) is 14.5 Å². The fraction of sp³-hybridized carbons (Fsp3) is 0.318. The van der Waals surface area contributed by atoms with Crippen molar-refractivity contribution in [2.24, 2.45) is 0 Å². The van der Waals surface area contributed by atoms with Crippen molar-refractivity contribution in [1.29, 1.82) is 0 Å². The average molecular weight is 414 g/mol. The van der Waals surface area contributed by atoms with Gasteiger partial charge in [-0.3, -0.25) is 4.21 Å². The number of hydrogen-bond acceptors (Lipinski definition) is 5. The molecule has 0 aliphatic heterocycles. The van der Waals surface area contributed by atoms with Gasteiger partial charge in [-0.2, -0.15) is 0 Å². The van der Waals surface area contributed by atoms with Crippen LogP contribution in [0.5, 0.6) is 11.5 Å². The molecule has 1 aliphatic rings. The lowest BCUT2D eigenvalue weighted by atomic mass is 10.0. The molecule has 1 saturated carbocycles. The molecule has 6 heteroatoms. The lowest BCUT2D eigenvalue weighted by Crippen LogP contribution is -2.11. The fourth-order valence-electron chi connectivity index (χ4n) is 3.19. The lowest BCUT2D eigenvalue weighted by molar-refractivity contribution is 0.414. The van der Waals surface area contributed by atoms with Crippen LogP contribution >= 0.6 is 11.3 Å². The van der Waals surface area contributed by atoms with Crippen LogP contribution in [-0.2, 0) is 16.6 Å². The summed E-state index contributed by atoms with van der Waals surface area (Å²) >= 11 is 1.70. The highest BCUT2D eigenvalue weighted by Crippen LogP contribution is 2.41. The average Bonchev–Trinajstić information content (AvgIpc) is 3.48. The minimum atomic E-state index is -1.14. The Morgan fingerprint density at radius 2 is 1.54 bits per heavy atom. The minimum Gasteiger partial charge on any atom is -0.497 e. The van der Waals surface area contributed by atoms with Gasteiger partial charge in [0.05, 0.1) is 35.9 Å². The van der Waals surface area contributed by atoms with Crippen molar-refractivity contribution < 1.29 is 13.7 Å². The van der Waals surface area contributed by atoms with Crippen molar-refractivity contribution in [1.82, 2.24) is 4.98 Å². The van der Waals surface area contributed by atoms with Gasteiger partial charge in [-0.25, -0.2) is 4.98 Å². The van der Waals surface area contributed by atoms with Crippen molar-refractivity contribution in [3.63, 3.8) is 0 Å². The fourth-order valence-corrected chi connectivity index (χ4v) is 5.81. The summed E-state index contributed by atoms with van der Waals surface area (Å²) in [6.07, 6.45) is 2.47. The normalized spacial score (nSPS) is 14.8. The van der Waals surface area contributed by atoms with Crippen LogP contribution in [0.3, 0.4) is 0 Å². The highest BCUT2D eigenvalue weighted by Gasteiger charge is 2.28. The van der Waals surface area contributed by atoms with Crippen LogP contribution in [0.25, 0.3) is 0 Å². The third-order valence-corrected chi connectivity index (χ3v) is 7.59. The second-order valence-corrected chi connectivity index (χ2v) is 9.31. The Morgan fingerprint density at radius 1 is 1.00 bits per heavy atom. The molecule has 0 N–H and O–H groups in total. The molecule has 4 rings (SSSR count). The summed E-state index contributed by atoms with van der Waals surface area (Å²) in [6.45, 7) is 0. The van der Waals surface area contributed by atoms with Gasteiger partial charge in [0.1, 0.15) is 11.5 Å². The molecule has 0 saturated heterocycles. The molecule has 0 bridgehead atoms. The molecule has 2 aromatic carbocycles. The largest absolute Gasteiger partial charge is 0.497 e. The van der Waals surface area contributed by atoms with Gasteiger partial charge in [0.15, 0.2) is 0 Å². The number of thiazole rings is 1. The minimum absolute atomic E-state index is 0.233. The Morgan fingerprint density at radius 3 is 2.00 bits per heavy atom. The molecule has 0 radical (unpaired) electrons. The zero-order valence-corrected chi connectivity index (χ0v) is 17.6. The Bertz CT molecular complexity index is 899. The van der Waals surface area contributed by atoms with Gasteiger partial charge in [-0.15, -0.1) is 11.3 Å². The number of rotatable bonds is 8. The van der Waals surface area contributed by atoms with Gasteiger partial charge in [0.25, 0.3) is 0 Å². The van der Waals surface area contributed by atoms with Crippen molar-refractivity contribution in [3.8, 4) is 11.5 Å². The number of benzene rings is 2. The molecule has 4 nitrogen and oxygen atoms in total. The Labute approximate surface area is 172 Å². The molecule has 1 aliphatic carbocycles. The molecule has 28 heavy (non-hydrogen) atoms. The maximum absolute atomic E-state index is 13.4. The lowest BCUT2D eigenvalue weighted by Gasteiger charge is -2.18. The number of ether oxygens (including phenoxy) is 2. The van der Waals surface area contributed by atoms with Crippen LogP contribution in [0.4, 0.5) is 0 Å². The Kier molecular flexibility index (Phi) is 5.78. The summed E-state index contributed by atoms with van der Waals surface area (Å²) in [4.78, 5) is 4.72. The van der Waals surface area contributed by atoms with E-state index in [-0.39, 0.29) is 5.25 Å². The zero-order valence-electron chi connectivity index (χ0n) is 16.0. The van der Waals surface area contributed by atoms with Crippen LogP contribution in [0, 0.1) is 0 Å². The smallest absolute Gasteiger partial charge is 0.118 e. The van der Waals surface area contributed by atoms with Crippen molar-refractivity contribution >= 4 is 22.1 Å². The third-order valence-electron chi connectivity index (χ3n) is 4.89. The first-order valence-corrected chi connectivity index (χ1v) is 11.5. The highest BCUT2D eigenvalue weighted by molar-refractivity contribution is 7.84. The van der Waals surface area contributed by atoms with Gasteiger partial charge in [0.2, 0.25) is 0 Å². The van der Waals surface area contributed by atoms with E-state index in [1.165, 1.54) is 17.8 Å². The number of aromatic nitrogens is 1. The zero-order chi connectivity index (χ0) is 19.5. The van der Waals surface area contributed by atoms with Crippen LogP contribution in [0.1, 0.15) is 45.8 Å². The highest BCUT2D eigenvalue weighted by atomic mass is 32.2. The molecule has 1 heterocycles. The van der Waals surface area contributed by atoms with E-state index >= 15 is 0 Å². The molecule has 1 atom stereocenters. The van der Waals surface area contributed by atoms with Gasteiger partial charge < -0.3 is 9.47 Å². The molecule has 1 unspecified atom stereocenters. The first-order chi connectivity index (χ1) is 13.7. The van der Waals surface area contributed by atoms with Gasteiger partial charge >= 0.3 is 0 Å². The molecule has 3 aromatic rings. The van der Waals surface area contributed by atoms with Gasteiger partial charge in [-0.1, -0.05) is 24.3 Å². The monoisotopic (exact) mass is 413 g/mol. The van der Waals surface area contributed by atoms with E-state index in [0.29, 0.717) is 11.7 Å². The van der Waals surface area contributed by atoms with Gasteiger partial charge in [-0.05, 0) is 48.2 Å². The van der Waals surface area contributed by atoms with Crippen molar-refractivity contribution in [2.75, 3.05) is 14.2 Å². The predicted molar refractivity (Wildman–Crippen MR) is 114 cm³/mol. The van der Waals surface area contributed by atoms with E-state index in [1.54, 1.807) is 25.6 Å². The van der Waals surface area contributed by atoms with Crippen molar-refractivity contribution in [2.45, 2.75) is 29.8 Å². The molecule has 1 aromatic heterocycles. The van der Waals surface area contributed by atoms with Crippen LogP contribution in [0.15, 0.2) is 53.9 Å². The number of methoxy groups -OCH3 is 2. The first-order valence-electron chi connectivity index (χ1n) is 9.27. The quantitative estimate of drug-likeness (QED) is 0.517. The summed E-state index contributed by atoms with van der Waals surface area (Å²) in [5, 5.41) is 3.02. The molecule has 146 valence electrons. The van der Waals surface area contributed by atoms with Crippen LogP contribution in [-0.4, -0.2) is 23.4 Å². The Hall–Kier alpha value is -2.18. The van der Waals surface area contributed by atoms with Gasteiger partial charge in [0, 0.05) is 22.1 Å². The molecule has 0 spiro atoms. The standard InChI is InChI=1S/C22H23NO3S2/c1-25-19-9-5-15(6-10-19)21(16-7-11-20(26-2)12-8-16)28(24)14-18-13-27-22(23-18)17-3-4-17/h5-13,17,21H,3-4,14H2,1-2H3. The SMILES string of the molecule is COc1ccc(C(c2ccc(OC)cc2)S(=O)Cc2csc(C3CC3)n2)cc1. The number of hydrogen-bond donors (Lipinski definition) is 0. The van der Waals surface area contributed by atoms with Crippen molar-refractivity contribution in [3.05, 3.63) is 75.7 Å². The molecular formula is C22H23NO3S2. The number of nitrogens with zero attached hydrogens (tertiary/aromatic N) is 1. The van der Waals surface area contributed by atoms with E-state index in [2.05, 4.69) is 5.38 Å². The van der Waals surface area contributed by atoms with E-state index in [0.717, 1.165) is 28.3 Å². The summed E-state index contributed by atoms with van der Waals surface area (Å²) < 4.78 is 24.0. The summed E-state index contributed by atoms with van der Waals surface area (Å²) in [5.74, 6) is 2.66. The van der Waals surface area contributed by atoms with E-state index < -0.39 is 10.8 Å². The maximum Gasteiger partial charge on any atom is 0.118 e. The second kappa shape index (κ2) is 8.45. The topological polar surface area (TPSA) is 48.4 Å². The van der Waals surface area contributed by atoms with Crippen LogP contribution in [0.2, 0.25) is 0 Å². The summed E-state index contributed by atoms with van der Waals surface area (Å²) in [7, 11) is 2.15. The molecule has 1 fully saturated rings. The summed E-state index contributed by atoms with van der Waals surface area (Å²) in [5.41, 5.74) is 2.93. The molecular weight excluding hydrogens is 390 g/mol. The second-order valence-electron chi connectivity index (χ2n) is 6.90. The first kappa shape index (κ1) is 19.2. The van der Waals surface area contributed by atoms with Crippen LogP contribution < -0.4 is 9.47 Å². The van der Waals surface area contributed by atoms with E-state index in [1.807, 2.05) is 48.5 Å². The Balaban J connectivity index is 1.62. The third kappa shape index (κ3) is 4.28. The maximum atomic E-state index is 13.4. The predicted octanol–water partition coefficient (Wildman–Crippen LogP) is 5.08. The molecule has 0 amide bonds.